The molecular formula is C23H15FI2N2O3. The van der Waals surface area contributed by atoms with E-state index in [1.807, 2.05) is 18.2 Å². The molecule has 0 bridgehead atoms. The Hall–Kier alpha value is -2.47. The molecule has 1 fully saturated rings. The fourth-order valence-electron chi connectivity index (χ4n) is 3.02. The Kier molecular flexibility index (Phi) is 6.56. The maximum Gasteiger partial charge on any atom is 0.282 e. The van der Waals surface area contributed by atoms with Gasteiger partial charge in [0, 0.05) is 0 Å². The number of hydrazine groups is 1. The second kappa shape index (κ2) is 9.35. The normalized spacial score (nSPS) is 14.8. The lowest BCUT2D eigenvalue weighted by Crippen LogP contribution is -2.35. The summed E-state index contributed by atoms with van der Waals surface area (Å²) in [5.41, 5.74) is 4.83. The highest BCUT2D eigenvalue weighted by Gasteiger charge is 2.34. The molecule has 1 N–H and O–H groups in total. The molecule has 1 heterocycles. The zero-order valence-corrected chi connectivity index (χ0v) is 20.3. The molecule has 1 aliphatic heterocycles. The van der Waals surface area contributed by atoms with Crippen molar-refractivity contribution < 1.29 is 18.7 Å². The van der Waals surface area contributed by atoms with Gasteiger partial charge in [-0.2, -0.15) is 0 Å². The van der Waals surface area contributed by atoms with Gasteiger partial charge in [-0.05, 0) is 98.8 Å². The predicted molar refractivity (Wildman–Crippen MR) is 133 cm³/mol. The van der Waals surface area contributed by atoms with Crippen molar-refractivity contribution in [2.45, 2.75) is 6.61 Å². The third kappa shape index (κ3) is 4.90. The van der Waals surface area contributed by atoms with E-state index in [1.165, 1.54) is 17.1 Å². The van der Waals surface area contributed by atoms with Crippen molar-refractivity contribution in [2.75, 3.05) is 5.01 Å². The maximum absolute atomic E-state index is 13.1. The zero-order chi connectivity index (χ0) is 22.0. The summed E-state index contributed by atoms with van der Waals surface area (Å²) in [7, 11) is 0. The Morgan fingerprint density at radius 3 is 2.26 bits per heavy atom. The molecule has 0 spiro atoms. The lowest BCUT2D eigenvalue weighted by atomic mass is 10.1. The average molecular weight is 640 g/mol. The number of nitrogens with one attached hydrogen (secondary N) is 1. The fourth-order valence-corrected chi connectivity index (χ4v) is 5.15. The Bertz CT molecular complexity index is 1160. The zero-order valence-electron chi connectivity index (χ0n) is 15.9. The molecule has 3 aromatic rings. The Labute approximate surface area is 205 Å². The number of rotatable bonds is 5. The molecule has 4 rings (SSSR count). The number of ether oxygens (including phenoxy) is 1. The molecule has 0 aromatic heterocycles. The van der Waals surface area contributed by atoms with Crippen LogP contribution in [0.2, 0.25) is 0 Å². The minimum absolute atomic E-state index is 0.0652. The number of hydrogen-bond donors (Lipinski definition) is 1. The number of benzene rings is 3. The number of amides is 2. The molecule has 3 aromatic carbocycles. The van der Waals surface area contributed by atoms with Crippen LogP contribution >= 0.6 is 45.2 Å². The van der Waals surface area contributed by atoms with Crippen molar-refractivity contribution >= 4 is 68.8 Å². The third-order valence-corrected chi connectivity index (χ3v) is 6.14. The number of carbonyl (C=O) groups is 2. The molecule has 1 saturated heterocycles. The predicted octanol–water partition coefficient (Wildman–Crippen LogP) is 5.08. The second-order valence-electron chi connectivity index (χ2n) is 6.70. The van der Waals surface area contributed by atoms with E-state index in [0.29, 0.717) is 18.0 Å². The summed E-state index contributed by atoms with van der Waals surface area (Å²) in [5, 5.41) is 1.24. The first-order chi connectivity index (χ1) is 14.9. The maximum atomic E-state index is 13.1. The van der Waals surface area contributed by atoms with Crippen molar-refractivity contribution in [1.82, 2.24) is 5.43 Å². The summed E-state index contributed by atoms with van der Waals surface area (Å²) in [6.45, 7) is 0.305. The van der Waals surface area contributed by atoms with Crippen LogP contribution in [0.25, 0.3) is 6.08 Å². The lowest BCUT2D eigenvalue weighted by Gasteiger charge is -2.14. The standard InChI is InChI=1S/C23H15FI2N2O3/c24-16-8-6-14(7-9-16)13-31-21-19(25)11-15(12-20(21)26)10-18-22(29)27-28(23(18)30)17-4-2-1-3-5-17/h1-12H,13H2,(H,27,29)/b18-10-. The molecule has 8 heteroatoms. The average Bonchev–Trinajstić information content (AvgIpc) is 3.03. The molecule has 0 radical (unpaired) electrons. The number of hydrogen-bond acceptors (Lipinski definition) is 3. The van der Waals surface area contributed by atoms with Gasteiger partial charge in [0.25, 0.3) is 11.8 Å². The Morgan fingerprint density at radius 2 is 1.61 bits per heavy atom. The van der Waals surface area contributed by atoms with Crippen LogP contribution in [0.3, 0.4) is 0 Å². The van der Waals surface area contributed by atoms with Crippen LogP contribution in [0.5, 0.6) is 5.75 Å². The molecule has 31 heavy (non-hydrogen) atoms. The van der Waals surface area contributed by atoms with Crippen LogP contribution in [0.15, 0.2) is 72.3 Å². The van der Waals surface area contributed by atoms with Gasteiger partial charge >= 0.3 is 0 Å². The van der Waals surface area contributed by atoms with Gasteiger partial charge in [-0.3, -0.25) is 15.0 Å². The van der Waals surface area contributed by atoms with E-state index in [-0.39, 0.29) is 11.4 Å². The minimum atomic E-state index is -0.449. The SMILES string of the molecule is O=C1NN(c2ccccc2)C(=O)/C1=C\c1cc(I)c(OCc2ccc(F)cc2)c(I)c1. The van der Waals surface area contributed by atoms with Crippen molar-refractivity contribution in [3.05, 3.63) is 96.4 Å². The van der Waals surface area contributed by atoms with Gasteiger partial charge < -0.3 is 4.74 Å². The quantitative estimate of drug-likeness (QED) is 0.241. The van der Waals surface area contributed by atoms with Crippen LogP contribution in [0.4, 0.5) is 10.1 Å². The van der Waals surface area contributed by atoms with Crippen molar-refractivity contribution in [1.29, 1.82) is 0 Å². The number of para-hydroxylation sites is 1. The van der Waals surface area contributed by atoms with Crippen LogP contribution in [-0.2, 0) is 16.2 Å². The third-order valence-electron chi connectivity index (χ3n) is 4.53. The van der Waals surface area contributed by atoms with E-state index < -0.39 is 11.8 Å². The fraction of sp³-hybridized carbons (Fsp3) is 0.0435. The van der Waals surface area contributed by atoms with Gasteiger partial charge in [0.05, 0.1) is 12.8 Å². The monoisotopic (exact) mass is 640 g/mol. The van der Waals surface area contributed by atoms with Gasteiger partial charge in [-0.15, -0.1) is 0 Å². The van der Waals surface area contributed by atoms with Crippen LogP contribution in [0, 0.1) is 13.0 Å². The van der Waals surface area contributed by atoms with E-state index in [2.05, 4.69) is 50.6 Å². The topological polar surface area (TPSA) is 58.6 Å². The first kappa shape index (κ1) is 21.8. The summed E-state index contributed by atoms with van der Waals surface area (Å²) in [5.74, 6) is -0.448. The lowest BCUT2D eigenvalue weighted by molar-refractivity contribution is -0.117. The molecule has 0 aliphatic carbocycles. The number of anilines is 1. The van der Waals surface area contributed by atoms with Crippen LogP contribution in [0.1, 0.15) is 11.1 Å². The van der Waals surface area contributed by atoms with Crippen molar-refractivity contribution in [3.8, 4) is 5.75 Å². The first-order valence-corrected chi connectivity index (χ1v) is 11.4. The van der Waals surface area contributed by atoms with Gasteiger partial charge in [-0.25, -0.2) is 9.40 Å². The summed E-state index contributed by atoms with van der Waals surface area (Å²) in [6.07, 6.45) is 1.58. The van der Waals surface area contributed by atoms with E-state index in [9.17, 15) is 14.0 Å². The van der Waals surface area contributed by atoms with E-state index in [4.69, 9.17) is 4.74 Å². The van der Waals surface area contributed by atoms with E-state index >= 15 is 0 Å². The highest BCUT2D eigenvalue weighted by Crippen LogP contribution is 2.31. The van der Waals surface area contributed by atoms with Gasteiger partial charge in [0.2, 0.25) is 0 Å². The van der Waals surface area contributed by atoms with Crippen LogP contribution in [-0.4, -0.2) is 11.8 Å². The van der Waals surface area contributed by atoms with Gasteiger partial charge in [0.15, 0.2) is 0 Å². The summed E-state index contributed by atoms with van der Waals surface area (Å²) in [4.78, 5) is 25.2. The number of carbonyl (C=O) groups excluding carboxylic acids is 2. The molecule has 0 atom stereocenters. The molecule has 0 saturated carbocycles. The first-order valence-electron chi connectivity index (χ1n) is 9.21. The molecule has 156 valence electrons. The molecule has 5 nitrogen and oxygen atoms in total. The molecular weight excluding hydrogens is 625 g/mol. The summed E-state index contributed by atoms with van der Waals surface area (Å²) < 4.78 is 20.7. The smallest absolute Gasteiger partial charge is 0.282 e. The number of nitrogens with zero attached hydrogens (tertiary/aromatic N) is 1. The highest BCUT2D eigenvalue weighted by molar-refractivity contribution is 14.1. The Balaban J connectivity index is 1.55. The van der Waals surface area contributed by atoms with Crippen molar-refractivity contribution in [2.24, 2.45) is 0 Å². The molecule has 2 amide bonds. The summed E-state index contributed by atoms with van der Waals surface area (Å²) in [6, 6.07) is 18.8. The van der Waals surface area contributed by atoms with E-state index in [0.717, 1.165) is 18.3 Å². The van der Waals surface area contributed by atoms with E-state index in [1.54, 1.807) is 42.5 Å². The highest BCUT2D eigenvalue weighted by atomic mass is 127. The van der Waals surface area contributed by atoms with Gasteiger partial charge in [-0.1, -0.05) is 30.3 Å². The molecule has 1 aliphatic rings. The van der Waals surface area contributed by atoms with Crippen LogP contribution < -0.4 is 15.2 Å². The second-order valence-corrected chi connectivity index (χ2v) is 9.03. The molecule has 0 unspecified atom stereocenters. The van der Waals surface area contributed by atoms with Gasteiger partial charge in [0.1, 0.15) is 23.7 Å². The van der Waals surface area contributed by atoms with Crippen molar-refractivity contribution in [3.63, 3.8) is 0 Å². The minimum Gasteiger partial charge on any atom is -0.487 e. The Morgan fingerprint density at radius 1 is 0.968 bits per heavy atom. The largest absolute Gasteiger partial charge is 0.487 e. The summed E-state index contributed by atoms with van der Waals surface area (Å²) >= 11 is 4.31. The number of halogens is 3.